The molecule has 0 amide bonds. The first-order chi connectivity index (χ1) is 10.3. The highest BCUT2D eigenvalue weighted by Crippen LogP contribution is 2.37. The van der Waals surface area contributed by atoms with Gasteiger partial charge < -0.3 is 19.5 Å². The van der Waals surface area contributed by atoms with Gasteiger partial charge >= 0.3 is 0 Å². The molecule has 2 fully saturated rings. The molecule has 0 radical (unpaired) electrons. The Bertz CT molecular complexity index is 473. The van der Waals surface area contributed by atoms with Crippen LogP contribution >= 0.6 is 0 Å². The van der Waals surface area contributed by atoms with Gasteiger partial charge in [-0.2, -0.15) is 0 Å². The minimum atomic E-state index is 0.0541. The van der Waals surface area contributed by atoms with Crippen molar-refractivity contribution in [1.29, 1.82) is 0 Å². The first-order valence-electron chi connectivity index (χ1n) is 7.85. The second-order valence-electron chi connectivity index (χ2n) is 6.13. The standard InChI is InChI=1S/C17H25NO3/c1-19-13-6-7-14(15(10-13)20-2)16-11-18-17(12-21-16)8-4-3-5-9-17/h6-7,10,16,18H,3-5,8-9,11-12H2,1-2H3. The summed E-state index contributed by atoms with van der Waals surface area (Å²) in [4.78, 5) is 0. The summed E-state index contributed by atoms with van der Waals surface area (Å²) in [6, 6.07) is 5.93. The number of methoxy groups -OCH3 is 2. The van der Waals surface area contributed by atoms with Crippen LogP contribution in [0, 0.1) is 0 Å². The molecule has 1 aliphatic heterocycles. The molecule has 116 valence electrons. The van der Waals surface area contributed by atoms with Gasteiger partial charge in [-0.1, -0.05) is 19.3 Å². The molecule has 1 saturated heterocycles. The van der Waals surface area contributed by atoms with Gasteiger partial charge in [-0.3, -0.25) is 0 Å². The number of hydrogen-bond donors (Lipinski definition) is 1. The fourth-order valence-electron chi connectivity index (χ4n) is 3.51. The average Bonchev–Trinajstić information content (AvgIpc) is 2.56. The molecule has 1 spiro atoms. The van der Waals surface area contributed by atoms with Crippen molar-refractivity contribution >= 4 is 0 Å². The van der Waals surface area contributed by atoms with Crippen LogP contribution in [0.15, 0.2) is 18.2 Å². The van der Waals surface area contributed by atoms with Crippen molar-refractivity contribution in [3.63, 3.8) is 0 Å². The van der Waals surface area contributed by atoms with Crippen LogP contribution in [-0.4, -0.2) is 32.9 Å². The van der Waals surface area contributed by atoms with E-state index in [1.54, 1.807) is 14.2 Å². The molecule has 1 atom stereocenters. The summed E-state index contributed by atoms with van der Waals surface area (Å²) in [7, 11) is 3.36. The lowest BCUT2D eigenvalue weighted by Gasteiger charge is -2.44. The van der Waals surface area contributed by atoms with E-state index in [4.69, 9.17) is 14.2 Å². The summed E-state index contributed by atoms with van der Waals surface area (Å²) >= 11 is 0. The van der Waals surface area contributed by atoms with Gasteiger partial charge in [0.25, 0.3) is 0 Å². The van der Waals surface area contributed by atoms with Crippen LogP contribution < -0.4 is 14.8 Å². The maximum absolute atomic E-state index is 6.19. The van der Waals surface area contributed by atoms with Crippen LogP contribution in [0.5, 0.6) is 11.5 Å². The highest BCUT2D eigenvalue weighted by atomic mass is 16.5. The third-order valence-electron chi connectivity index (χ3n) is 4.82. The summed E-state index contributed by atoms with van der Waals surface area (Å²) in [5, 5.41) is 3.75. The van der Waals surface area contributed by atoms with Gasteiger partial charge in [0.2, 0.25) is 0 Å². The van der Waals surface area contributed by atoms with E-state index in [2.05, 4.69) is 5.32 Å². The predicted molar refractivity (Wildman–Crippen MR) is 82.1 cm³/mol. The fourth-order valence-corrected chi connectivity index (χ4v) is 3.51. The van der Waals surface area contributed by atoms with E-state index in [0.29, 0.717) is 0 Å². The quantitative estimate of drug-likeness (QED) is 0.929. The van der Waals surface area contributed by atoms with Gasteiger partial charge in [-0.15, -0.1) is 0 Å². The normalized spacial score (nSPS) is 24.8. The van der Waals surface area contributed by atoms with Crippen LogP contribution in [0.3, 0.4) is 0 Å². The fraction of sp³-hybridized carbons (Fsp3) is 0.647. The molecule has 0 aromatic heterocycles. The molecule has 1 aromatic carbocycles. The monoisotopic (exact) mass is 291 g/mol. The van der Waals surface area contributed by atoms with Crippen molar-refractivity contribution < 1.29 is 14.2 Å². The highest BCUT2D eigenvalue weighted by Gasteiger charge is 2.37. The Labute approximate surface area is 126 Å². The maximum atomic E-state index is 6.19. The lowest BCUT2D eigenvalue weighted by Crippen LogP contribution is -2.55. The minimum absolute atomic E-state index is 0.0541. The summed E-state index contributed by atoms with van der Waals surface area (Å²) < 4.78 is 16.9. The SMILES string of the molecule is COc1ccc(C2CNC3(CCCCC3)CO2)c(OC)c1. The van der Waals surface area contributed by atoms with Crippen molar-refractivity contribution in [2.24, 2.45) is 0 Å². The Balaban J connectivity index is 1.71. The molecular weight excluding hydrogens is 266 g/mol. The molecule has 2 aliphatic rings. The third kappa shape index (κ3) is 3.01. The third-order valence-corrected chi connectivity index (χ3v) is 4.82. The average molecular weight is 291 g/mol. The van der Waals surface area contributed by atoms with Gasteiger partial charge in [0.05, 0.1) is 26.9 Å². The van der Waals surface area contributed by atoms with Crippen LogP contribution in [0.4, 0.5) is 0 Å². The summed E-state index contributed by atoms with van der Waals surface area (Å²) in [6.45, 7) is 1.65. The zero-order valence-corrected chi connectivity index (χ0v) is 13.0. The van der Waals surface area contributed by atoms with E-state index < -0.39 is 0 Å². The Morgan fingerprint density at radius 2 is 1.95 bits per heavy atom. The first kappa shape index (κ1) is 14.7. The Hall–Kier alpha value is -1.26. The molecule has 21 heavy (non-hydrogen) atoms. The van der Waals surface area contributed by atoms with Crippen molar-refractivity contribution in [2.45, 2.75) is 43.7 Å². The molecule has 0 bridgehead atoms. The molecule has 1 saturated carbocycles. The van der Waals surface area contributed by atoms with E-state index in [1.807, 2.05) is 18.2 Å². The van der Waals surface area contributed by atoms with E-state index in [1.165, 1.54) is 32.1 Å². The number of hydrogen-bond acceptors (Lipinski definition) is 4. The van der Waals surface area contributed by atoms with Crippen molar-refractivity contribution in [3.05, 3.63) is 23.8 Å². The minimum Gasteiger partial charge on any atom is -0.497 e. The molecule has 1 N–H and O–H groups in total. The maximum Gasteiger partial charge on any atom is 0.128 e. The molecule has 3 rings (SSSR count). The topological polar surface area (TPSA) is 39.7 Å². The van der Waals surface area contributed by atoms with Crippen LogP contribution in [0.1, 0.15) is 43.8 Å². The first-order valence-corrected chi connectivity index (χ1v) is 7.85. The van der Waals surface area contributed by atoms with Crippen LogP contribution in [0.25, 0.3) is 0 Å². The lowest BCUT2D eigenvalue weighted by molar-refractivity contribution is -0.0474. The number of ether oxygens (including phenoxy) is 3. The van der Waals surface area contributed by atoms with Crippen molar-refractivity contribution in [3.8, 4) is 11.5 Å². The van der Waals surface area contributed by atoms with Crippen molar-refractivity contribution in [2.75, 3.05) is 27.4 Å². The number of morpholine rings is 1. The van der Waals surface area contributed by atoms with Gasteiger partial charge in [0.15, 0.2) is 0 Å². The van der Waals surface area contributed by atoms with E-state index >= 15 is 0 Å². The smallest absolute Gasteiger partial charge is 0.128 e. The molecule has 4 heteroatoms. The van der Waals surface area contributed by atoms with Crippen molar-refractivity contribution in [1.82, 2.24) is 5.32 Å². The van der Waals surface area contributed by atoms with E-state index in [0.717, 1.165) is 30.2 Å². The van der Waals surface area contributed by atoms with Crippen LogP contribution in [-0.2, 0) is 4.74 Å². The second-order valence-corrected chi connectivity index (χ2v) is 6.13. The summed E-state index contributed by atoms with van der Waals surface area (Å²) in [5.41, 5.74) is 1.31. The van der Waals surface area contributed by atoms with Gasteiger partial charge in [-0.05, 0) is 25.0 Å². The zero-order valence-electron chi connectivity index (χ0n) is 13.0. The predicted octanol–water partition coefficient (Wildman–Crippen LogP) is 3.07. The molecular formula is C17H25NO3. The molecule has 1 heterocycles. The Kier molecular flexibility index (Phi) is 4.36. The van der Waals surface area contributed by atoms with Crippen LogP contribution in [0.2, 0.25) is 0 Å². The van der Waals surface area contributed by atoms with E-state index in [9.17, 15) is 0 Å². The summed E-state index contributed by atoms with van der Waals surface area (Å²) in [5.74, 6) is 1.64. The van der Waals surface area contributed by atoms with Gasteiger partial charge in [-0.25, -0.2) is 0 Å². The largest absolute Gasteiger partial charge is 0.497 e. The van der Waals surface area contributed by atoms with Gasteiger partial charge in [0, 0.05) is 23.7 Å². The lowest BCUT2D eigenvalue weighted by atomic mass is 9.81. The van der Waals surface area contributed by atoms with E-state index in [-0.39, 0.29) is 11.6 Å². The molecule has 1 aliphatic carbocycles. The number of benzene rings is 1. The number of rotatable bonds is 3. The Morgan fingerprint density at radius 3 is 2.57 bits per heavy atom. The highest BCUT2D eigenvalue weighted by molar-refractivity contribution is 5.42. The zero-order chi connectivity index (χ0) is 14.7. The number of nitrogens with one attached hydrogen (secondary N) is 1. The van der Waals surface area contributed by atoms with Gasteiger partial charge in [0.1, 0.15) is 11.5 Å². The Morgan fingerprint density at radius 1 is 1.14 bits per heavy atom. The molecule has 1 unspecified atom stereocenters. The second kappa shape index (κ2) is 6.24. The molecule has 4 nitrogen and oxygen atoms in total. The summed E-state index contributed by atoms with van der Waals surface area (Å²) in [6.07, 6.45) is 6.51. The molecule has 1 aromatic rings.